The van der Waals surface area contributed by atoms with E-state index in [0.29, 0.717) is 23.0 Å². The van der Waals surface area contributed by atoms with Crippen LogP contribution in [0.1, 0.15) is 25.8 Å². The Hall–Kier alpha value is -0.520. The van der Waals surface area contributed by atoms with E-state index in [4.69, 9.17) is 33.7 Å². The number of methoxy groups -OCH3 is 1. The molecule has 0 spiro atoms. The Balaban J connectivity index is 0.00000441. The summed E-state index contributed by atoms with van der Waals surface area (Å²) in [5.74, 6) is -0.0950. The van der Waals surface area contributed by atoms with Gasteiger partial charge in [0.05, 0.1) is 12.5 Å². The van der Waals surface area contributed by atoms with E-state index >= 15 is 0 Å². The normalized spacial score (nSPS) is 12.5. The standard InChI is InChI=1S/C15H22Cl2N2O2.ClH/c1-15(2,19-14(20)7-12(9-18)21-3)8-10-4-5-11(16)6-13(10)17;/h4-6,12H,7-9,18H2,1-3H3,(H,19,20);1H. The van der Waals surface area contributed by atoms with Gasteiger partial charge in [-0.25, -0.2) is 0 Å². The number of carbonyl (C=O) groups excluding carboxylic acids is 1. The lowest BCUT2D eigenvalue weighted by molar-refractivity contribution is -0.124. The molecule has 0 aliphatic rings. The first-order valence-electron chi connectivity index (χ1n) is 6.75. The first-order chi connectivity index (χ1) is 9.77. The summed E-state index contributed by atoms with van der Waals surface area (Å²) >= 11 is 12.0. The average Bonchev–Trinajstić information content (AvgIpc) is 2.38. The second-order valence-corrected chi connectivity index (χ2v) is 6.49. The minimum Gasteiger partial charge on any atom is -0.380 e. The average molecular weight is 370 g/mol. The second kappa shape index (κ2) is 9.58. The number of carbonyl (C=O) groups is 1. The van der Waals surface area contributed by atoms with Crippen molar-refractivity contribution in [2.24, 2.45) is 5.73 Å². The Kier molecular flexibility index (Phi) is 9.35. The van der Waals surface area contributed by atoms with E-state index in [1.165, 1.54) is 0 Å². The van der Waals surface area contributed by atoms with Gasteiger partial charge >= 0.3 is 0 Å². The Morgan fingerprint density at radius 3 is 2.55 bits per heavy atom. The number of amides is 1. The highest BCUT2D eigenvalue weighted by atomic mass is 35.5. The zero-order chi connectivity index (χ0) is 16.0. The zero-order valence-corrected chi connectivity index (χ0v) is 15.3. The van der Waals surface area contributed by atoms with Gasteiger partial charge in [0.25, 0.3) is 0 Å². The Labute approximate surface area is 148 Å². The molecule has 0 heterocycles. The van der Waals surface area contributed by atoms with Crippen LogP contribution in [-0.4, -0.2) is 31.2 Å². The third-order valence-electron chi connectivity index (χ3n) is 3.13. The number of benzene rings is 1. The van der Waals surface area contributed by atoms with E-state index in [9.17, 15) is 4.79 Å². The van der Waals surface area contributed by atoms with Gasteiger partial charge in [0.1, 0.15) is 0 Å². The van der Waals surface area contributed by atoms with Gasteiger partial charge in [0.2, 0.25) is 5.91 Å². The van der Waals surface area contributed by atoms with Gasteiger partial charge in [0.15, 0.2) is 0 Å². The van der Waals surface area contributed by atoms with Crippen molar-refractivity contribution in [3.05, 3.63) is 33.8 Å². The number of nitrogens with one attached hydrogen (secondary N) is 1. The van der Waals surface area contributed by atoms with Crippen molar-refractivity contribution in [1.82, 2.24) is 5.32 Å². The minimum absolute atomic E-state index is 0. The fourth-order valence-electron chi connectivity index (χ4n) is 2.08. The summed E-state index contributed by atoms with van der Waals surface area (Å²) in [6.45, 7) is 4.20. The van der Waals surface area contributed by atoms with Crippen molar-refractivity contribution in [1.29, 1.82) is 0 Å². The highest BCUT2D eigenvalue weighted by Gasteiger charge is 2.23. The topological polar surface area (TPSA) is 64.3 Å². The predicted molar refractivity (Wildman–Crippen MR) is 94.1 cm³/mol. The fraction of sp³-hybridized carbons (Fsp3) is 0.533. The van der Waals surface area contributed by atoms with E-state index in [0.717, 1.165) is 5.56 Å². The number of halogens is 3. The molecule has 7 heteroatoms. The van der Waals surface area contributed by atoms with Crippen LogP contribution in [0.2, 0.25) is 10.0 Å². The van der Waals surface area contributed by atoms with Gasteiger partial charge in [-0.1, -0.05) is 29.3 Å². The van der Waals surface area contributed by atoms with Gasteiger partial charge in [-0.2, -0.15) is 0 Å². The summed E-state index contributed by atoms with van der Waals surface area (Å²) < 4.78 is 5.11. The van der Waals surface area contributed by atoms with Gasteiger partial charge in [0, 0.05) is 29.2 Å². The van der Waals surface area contributed by atoms with Gasteiger partial charge in [-0.15, -0.1) is 12.4 Å². The summed E-state index contributed by atoms with van der Waals surface area (Å²) in [4.78, 5) is 12.0. The summed E-state index contributed by atoms with van der Waals surface area (Å²) in [7, 11) is 1.55. The summed E-state index contributed by atoms with van der Waals surface area (Å²) in [5, 5.41) is 4.17. The lowest BCUT2D eigenvalue weighted by Crippen LogP contribution is -2.46. The molecule has 1 aromatic carbocycles. The monoisotopic (exact) mass is 368 g/mol. The highest BCUT2D eigenvalue weighted by Crippen LogP contribution is 2.24. The number of rotatable bonds is 7. The molecule has 1 amide bonds. The van der Waals surface area contributed by atoms with E-state index in [1.807, 2.05) is 19.9 Å². The Morgan fingerprint density at radius 1 is 1.41 bits per heavy atom. The largest absolute Gasteiger partial charge is 0.380 e. The zero-order valence-electron chi connectivity index (χ0n) is 13.0. The third kappa shape index (κ3) is 7.16. The Morgan fingerprint density at radius 2 is 2.05 bits per heavy atom. The first kappa shape index (κ1) is 21.5. The number of hydrogen-bond donors (Lipinski definition) is 2. The van der Waals surface area contributed by atoms with E-state index in [-0.39, 0.29) is 30.8 Å². The molecule has 22 heavy (non-hydrogen) atoms. The Bertz CT molecular complexity index is 492. The van der Waals surface area contributed by atoms with Gasteiger partial charge in [-0.05, 0) is 38.0 Å². The van der Waals surface area contributed by atoms with Crippen LogP contribution in [0.15, 0.2) is 18.2 Å². The van der Waals surface area contributed by atoms with Gasteiger partial charge in [-0.3, -0.25) is 4.79 Å². The molecule has 0 fully saturated rings. The summed E-state index contributed by atoms with van der Waals surface area (Å²) in [6.07, 6.45) is 0.583. The third-order valence-corrected chi connectivity index (χ3v) is 3.72. The van der Waals surface area contributed by atoms with E-state index in [1.54, 1.807) is 19.2 Å². The maximum Gasteiger partial charge on any atom is 0.223 e. The predicted octanol–water partition coefficient (Wildman–Crippen LogP) is 3.22. The van der Waals surface area contributed by atoms with Crippen molar-refractivity contribution >= 4 is 41.5 Å². The minimum atomic E-state index is -0.429. The van der Waals surface area contributed by atoms with Crippen molar-refractivity contribution in [2.45, 2.75) is 38.3 Å². The van der Waals surface area contributed by atoms with Crippen LogP contribution >= 0.6 is 35.6 Å². The smallest absolute Gasteiger partial charge is 0.223 e. The molecular weight excluding hydrogens is 347 g/mol. The lowest BCUT2D eigenvalue weighted by atomic mass is 9.94. The fourth-order valence-corrected chi connectivity index (χ4v) is 2.56. The molecule has 1 unspecified atom stereocenters. The molecule has 0 aromatic heterocycles. The molecule has 3 N–H and O–H groups in total. The van der Waals surface area contributed by atoms with Crippen molar-refractivity contribution in [3.63, 3.8) is 0 Å². The van der Waals surface area contributed by atoms with Crippen LogP contribution < -0.4 is 11.1 Å². The van der Waals surface area contributed by atoms with Crippen LogP contribution in [0.25, 0.3) is 0 Å². The number of hydrogen-bond acceptors (Lipinski definition) is 3. The van der Waals surface area contributed by atoms with Gasteiger partial charge < -0.3 is 15.8 Å². The van der Waals surface area contributed by atoms with Crippen LogP contribution in [0.5, 0.6) is 0 Å². The van der Waals surface area contributed by atoms with Crippen LogP contribution in [0, 0.1) is 0 Å². The van der Waals surface area contributed by atoms with E-state index in [2.05, 4.69) is 5.32 Å². The number of ether oxygens (including phenoxy) is 1. The summed E-state index contributed by atoms with van der Waals surface area (Å²) in [6, 6.07) is 5.36. The van der Waals surface area contributed by atoms with Crippen LogP contribution in [0.4, 0.5) is 0 Å². The molecule has 0 saturated heterocycles. The van der Waals surface area contributed by atoms with Crippen LogP contribution in [-0.2, 0) is 16.0 Å². The number of nitrogens with two attached hydrogens (primary N) is 1. The molecule has 4 nitrogen and oxygen atoms in total. The maximum absolute atomic E-state index is 12.0. The van der Waals surface area contributed by atoms with Crippen LogP contribution in [0.3, 0.4) is 0 Å². The molecule has 0 bridgehead atoms. The molecule has 0 radical (unpaired) electrons. The molecular formula is C15H23Cl3N2O2. The highest BCUT2D eigenvalue weighted by molar-refractivity contribution is 6.35. The van der Waals surface area contributed by atoms with E-state index < -0.39 is 5.54 Å². The SMILES string of the molecule is COC(CN)CC(=O)NC(C)(C)Cc1ccc(Cl)cc1Cl.Cl. The molecule has 1 atom stereocenters. The van der Waals surface area contributed by atoms with Crippen molar-refractivity contribution in [3.8, 4) is 0 Å². The van der Waals surface area contributed by atoms with Crippen molar-refractivity contribution in [2.75, 3.05) is 13.7 Å². The molecule has 0 aliphatic carbocycles. The molecule has 1 rings (SSSR count). The maximum atomic E-state index is 12.0. The lowest BCUT2D eigenvalue weighted by Gasteiger charge is -2.28. The second-order valence-electron chi connectivity index (χ2n) is 5.64. The quantitative estimate of drug-likeness (QED) is 0.775. The van der Waals surface area contributed by atoms with Crippen molar-refractivity contribution < 1.29 is 9.53 Å². The molecule has 0 saturated carbocycles. The molecule has 1 aromatic rings. The first-order valence-corrected chi connectivity index (χ1v) is 7.51. The summed E-state index contributed by atoms with van der Waals surface area (Å²) in [5.41, 5.74) is 6.03. The molecule has 0 aliphatic heterocycles. The molecule has 126 valence electrons.